The van der Waals surface area contributed by atoms with Gasteiger partial charge in [0, 0.05) is 24.2 Å². The molecular weight excluding hydrogens is 384 g/mol. The van der Waals surface area contributed by atoms with E-state index in [9.17, 15) is 14.8 Å². The van der Waals surface area contributed by atoms with Gasteiger partial charge in [-0.3, -0.25) is 4.79 Å². The molecule has 0 saturated carbocycles. The summed E-state index contributed by atoms with van der Waals surface area (Å²) in [6.07, 6.45) is 0.448. The van der Waals surface area contributed by atoms with Crippen LogP contribution in [0.15, 0.2) is 47.6 Å². The van der Waals surface area contributed by atoms with E-state index in [1.165, 1.54) is 12.1 Å². The molecule has 30 heavy (non-hydrogen) atoms. The van der Waals surface area contributed by atoms with E-state index in [1.807, 2.05) is 18.2 Å². The summed E-state index contributed by atoms with van der Waals surface area (Å²) in [5.74, 6) is -0.412. The lowest BCUT2D eigenvalue weighted by atomic mass is 9.84. The van der Waals surface area contributed by atoms with Crippen LogP contribution in [0, 0.1) is 0 Å². The molecule has 3 N–H and O–H groups in total. The molecule has 0 fully saturated rings. The number of carbonyl (C=O) groups excluding carboxylic acids is 1. The molecule has 2 aromatic carbocycles. The standard InChI is InChI=1S/C23H28N2O5/c1-15(26)11-12-24-20-10-7-17(13-19(20)23(2,3)4)21(25-29)14-30-18-8-5-16(6-9-18)22(27)28/h5-10,13,24,29H,11-12,14H2,1-4H3,(H,27,28). The molecule has 2 aromatic rings. The summed E-state index contributed by atoms with van der Waals surface area (Å²) in [5.41, 5.74) is 2.99. The molecule has 160 valence electrons. The van der Waals surface area contributed by atoms with Crippen LogP contribution in [-0.2, 0) is 10.2 Å². The molecule has 0 saturated heterocycles. The fourth-order valence-corrected chi connectivity index (χ4v) is 2.89. The van der Waals surface area contributed by atoms with Crippen molar-refractivity contribution in [3.05, 3.63) is 59.2 Å². The van der Waals surface area contributed by atoms with Gasteiger partial charge in [-0.1, -0.05) is 32.0 Å². The highest BCUT2D eigenvalue weighted by atomic mass is 16.5. The van der Waals surface area contributed by atoms with Crippen LogP contribution >= 0.6 is 0 Å². The van der Waals surface area contributed by atoms with Crippen molar-refractivity contribution in [2.75, 3.05) is 18.5 Å². The summed E-state index contributed by atoms with van der Waals surface area (Å²) in [5, 5.41) is 25.2. The van der Waals surface area contributed by atoms with Crippen molar-refractivity contribution in [1.82, 2.24) is 0 Å². The number of carboxylic acids is 1. The maximum Gasteiger partial charge on any atom is 0.335 e. The third kappa shape index (κ3) is 6.34. The van der Waals surface area contributed by atoms with Crippen LogP contribution in [0.4, 0.5) is 5.69 Å². The number of hydrogen-bond donors (Lipinski definition) is 3. The van der Waals surface area contributed by atoms with Crippen LogP contribution in [0.2, 0.25) is 0 Å². The van der Waals surface area contributed by atoms with E-state index in [0.29, 0.717) is 30.0 Å². The zero-order valence-corrected chi connectivity index (χ0v) is 17.7. The van der Waals surface area contributed by atoms with Gasteiger partial charge >= 0.3 is 5.97 Å². The Bertz CT molecular complexity index is 928. The largest absolute Gasteiger partial charge is 0.487 e. The van der Waals surface area contributed by atoms with Gasteiger partial charge in [0.15, 0.2) is 0 Å². The highest BCUT2D eigenvalue weighted by Crippen LogP contribution is 2.31. The summed E-state index contributed by atoms with van der Waals surface area (Å²) in [4.78, 5) is 22.1. The van der Waals surface area contributed by atoms with E-state index < -0.39 is 5.97 Å². The van der Waals surface area contributed by atoms with E-state index in [4.69, 9.17) is 9.84 Å². The number of ketones is 1. The number of Topliss-reactive ketones (excluding diaryl/α,β-unsaturated/α-hetero) is 1. The first-order chi connectivity index (χ1) is 14.1. The Morgan fingerprint density at radius 1 is 1.07 bits per heavy atom. The van der Waals surface area contributed by atoms with Crippen LogP contribution in [0.25, 0.3) is 0 Å². The number of rotatable bonds is 9. The Hall–Kier alpha value is -3.35. The van der Waals surface area contributed by atoms with Gasteiger partial charge in [-0.05, 0) is 54.3 Å². The molecule has 0 aliphatic rings. The highest BCUT2D eigenvalue weighted by molar-refractivity contribution is 6.02. The highest BCUT2D eigenvalue weighted by Gasteiger charge is 2.20. The SMILES string of the molecule is CC(=O)CCNc1ccc(C(COc2ccc(C(=O)O)cc2)=NO)cc1C(C)(C)C. The third-order valence-electron chi connectivity index (χ3n) is 4.55. The van der Waals surface area contributed by atoms with Crippen LogP contribution in [0.3, 0.4) is 0 Å². The van der Waals surface area contributed by atoms with Crippen molar-refractivity contribution >= 4 is 23.2 Å². The molecule has 0 heterocycles. The van der Waals surface area contributed by atoms with Crippen LogP contribution in [0.1, 0.15) is 55.6 Å². The second-order valence-corrected chi connectivity index (χ2v) is 8.05. The predicted molar refractivity (Wildman–Crippen MR) is 116 cm³/mol. The van der Waals surface area contributed by atoms with Crippen LogP contribution < -0.4 is 10.1 Å². The smallest absolute Gasteiger partial charge is 0.335 e. The van der Waals surface area contributed by atoms with Gasteiger partial charge < -0.3 is 20.4 Å². The zero-order valence-electron chi connectivity index (χ0n) is 17.7. The summed E-state index contributed by atoms with van der Waals surface area (Å²) < 4.78 is 5.66. The molecular formula is C23H28N2O5. The lowest BCUT2D eigenvalue weighted by Gasteiger charge is -2.24. The number of benzene rings is 2. The van der Waals surface area contributed by atoms with Gasteiger partial charge in [0.1, 0.15) is 23.9 Å². The summed E-state index contributed by atoms with van der Waals surface area (Å²) in [7, 11) is 0. The quantitative estimate of drug-likeness (QED) is 0.321. The number of ether oxygens (including phenoxy) is 1. The van der Waals surface area contributed by atoms with Crippen molar-refractivity contribution in [1.29, 1.82) is 0 Å². The van der Waals surface area contributed by atoms with Gasteiger partial charge in [0.2, 0.25) is 0 Å². The molecule has 0 bridgehead atoms. The molecule has 7 heteroatoms. The zero-order chi connectivity index (χ0) is 22.3. The molecule has 0 unspecified atom stereocenters. The van der Waals surface area contributed by atoms with Crippen molar-refractivity contribution in [2.45, 2.75) is 39.5 Å². The number of hydrogen-bond acceptors (Lipinski definition) is 6. The minimum atomic E-state index is -1.01. The monoisotopic (exact) mass is 412 g/mol. The molecule has 0 atom stereocenters. The van der Waals surface area contributed by atoms with Crippen LogP contribution in [-0.4, -0.2) is 40.9 Å². The first-order valence-corrected chi connectivity index (χ1v) is 9.67. The number of aromatic carboxylic acids is 1. The molecule has 0 aromatic heterocycles. The predicted octanol–water partition coefficient (Wildman–Crippen LogP) is 4.33. The number of anilines is 1. The Morgan fingerprint density at radius 2 is 1.70 bits per heavy atom. The molecule has 0 amide bonds. The van der Waals surface area contributed by atoms with Gasteiger partial charge in [0.25, 0.3) is 0 Å². The molecule has 0 radical (unpaired) electrons. The van der Waals surface area contributed by atoms with Crippen molar-refractivity contribution in [3.8, 4) is 5.75 Å². The molecule has 0 spiro atoms. The topological polar surface area (TPSA) is 108 Å². The maximum absolute atomic E-state index is 11.2. The molecule has 7 nitrogen and oxygen atoms in total. The van der Waals surface area contributed by atoms with E-state index in [2.05, 4.69) is 31.2 Å². The Balaban J connectivity index is 2.18. The van der Waals surface area contributed by atoms with Gasteiger partial charge in [-0.15, -0.1) is 0 Å². The second kappa shape index (κ2) is 9.91. The first kappa shape index (κ1) is 22.9. The molecule has 2 rings (SSSR count). The van der Waals surface area contributed by atoms with E-state index in [0.717, 1.165) is 11.3 Å². The number of nitrogens with zero attached hydrogens (tertiary/aromatic N) is 1. The van der Waals surface area contributed by atoms with E-state index in [1.54, 1.807) is 19.1 Å². The second-order valence-electron chi connectivity index (χ2n) is 8.05. The fraction of sp³-hybridized carbons (Fsp3) is 0.348. The minimum absolute atomic E-state index is 0.0175. The average molecular weight is 412 g/mol. The number of nitrogens with one attached hydrogen (secondary N) is 1. The first-order valence-electron chi connectivity index (χ1n) is 9.67. The summed E-state index contributed by atoms with van der Waals surface area (Å²) in [6.45, 7) is 8.38. The lowest BCUT2D eigenvalue weighted by molar-refractivity contribution is -0.116. The summed E-state index contributed by atoms with van der Waals surface area (Å²) in [6, 6.07) is 11.7. The van der Waals surface area contributed by atoms with Gasteiger partial charge in [0.05, 0.1) is 5.56 Å². The van der Waals surface area contributed by atoms with Crippen molar-refractivity contribution < 1.29 is 24.6 Å². The lowest BCUT2D eigenvalue weighted by Crippen LogP contribution is -2.19. The normalized spacial score (nSPS) is 11.8. The molecule has 0 aliphatic heterocycles. The van der Waals surface area contributed by atoms with Gasteiger partial charge in [-0.25, -0.2) is 4.79 Å². The Labute approximate surface area is 176 Å². The fourth-order valence-electron chi connectivity index (χ4n) is 2.89. The van der Waals surface area contributed by atoms with E-state index in [-0.39, 0.29) is 23.4 Å². The van der Waals surface area contributed by atoms with E-state index >= 15 is 0 Å². The Kier molecular flexibility index (Phi) is 7.58. The number of carbonyl (C=O) groups is 2. The average Bonchev–Trinajstić information content (AvgIpc) is 2.68. The number of carboxylic acid groups (broad SMARTS) is 1. The van der Waals surface area contributed by atoms with Gasteiger partial charge in [-0.2, -0.15) is 0 Å². The number of oxime groups is 1. The maximum atomic E-state index is 11.2. The van der Waals surface area contributed by atoms with Crippen LogP contribution in [0.5, 0.6) is 5.75 Å². The summed E-state index contributed by atoms with van der Waals surface area (Å²) >= 11 is 0. The Morgan fingerprint density at radius 3 is 2.23 bits per heavy atom. The molecule has 0 aliphatic carbocycles. The minimum Gasteiger partial charge on any atom is -0.487 e. The van der Waals surface area contributed by atoms with Crippen molar-refractivity contribution in [2.24, 2.45) is 5.16 Å². The van der Waals surface area contributed by atoms with Crippen molar-refractivity contribution in [3.63, 3.8) is 0 Å². The third-order valence-corrected chi connectivity index (χ3v) is 4.55.